The van der Waals surface area contributed by atoms with Gasteiger partial charge in [0.2, 0.25) is 0 Å². The van der Waals surface area contributed by atoms with Crippen LogP contribution in [0.5, 0.6) is 0 Å². The predicted octanol–water partition coefficient (Wildman–Crippen LogP) is 3.60. The van der Waals surface area contributed by atoms with E-state index in [1.165, 1.54) is 18.2 Å². The SMILES string of the molecule is CC(C)(CCNC(=O)c1cc(F)ccc1Br)CCC(=O)O. The molecule has 0 aliphatic heterocycles. The normalized spacial score (nSPS) is 11.2. The standard InChI is InChI=1S/C15H19BrFNO3/c1-15(2,6-5-13(19)20)7-8-18-14(21)11-9-10(17)3-4-12(11)16/h3-4,9H,5-8H2,1-2H3,(H,18,21)(H,19,20). The van der Waals surface area contributed by atoms with Crippen molar-refractivity contribution in [1.29, 1.82) is 0 Å². The van der Waals surface area contributed by atoms with E-state index in [9.17, 15) is 14.0 Å². The molecule has 0 heterocycles. The molecule has 1 rings (SSSR count). The van der Waals surface area contributed by atoms with Crippen molar-refractivity contribution in [2.45, 2.75) is 33.1 Å². The van der Waals surface area contributed by atoms with Gasteiger partial charge in [-0.1, -0.05) is 13.8 Å². The van der Waals surface area contributed by atoms with E-state index in [0.29, 0.717) is 23.9 Å². The van der Waals surface area contributed by atoms with Gasteiger partial charge in [0, 0.05) is 17.4 Å². The summed E-state index contributed by atoms with van der Waals surface area (Å²) in [7, 11) is 0. The lowest BCUT2D eigenvalue weighted by Gasteiger charge is -2.23. The molecule has 6 heteroatoms. The summed E-state index contributed by atoms with van der Waals surface area (Å²) in [6, 6.07) is 3.94. The molecule has 0 spiro atoms. The molecular formula is C15H19BrFNO3. The molecule has 0 fully saturated rings. The molecule has 1 amide bonds. The van der Waals surface area contributed by atoms with E-state index in [0.717, 1.165) is 0 Å². The molecule has 116 valence electrons. The lowest BCUT2D eigenvalue weighted by Crippen LogP contribution is -2.28. The summed E-state index contributed by atoms with van der Waals surface area (Å²) in [6.07, 6.45) is 1.30. The van der Waals surface area contributed by atoms with Crippen LogP contribution in [-0.2, 0) is 4.79 Å². The zero-order chi connectivity index (χ0) is 16.0. The van der Waals surface area contributed by atoms with Crippen molar-refractivity contribution in [2.24, 2.45) is 5.41 Å². The smallest absolute Gasteiger partial charge is 0.303 e. The van der Waals surface area contributed by atoms with Crippen LogP contribution < -0.4 is 5.32 Å². The number of carbonyl (C=O) groups excluding carboxylic acids is 1. The zero-order valence-electron chi connectivity index (χ0n) is 12.1. The summed E-state index contributed by atoms with van der Waals surface area (Å²) in [5.41, 5.74) is 0.0727. The minimum absolute atomic E-state index is 0.108. The van der Waals surface area contributed by atoms with E-state index in [1.54, 1.807) is 0 Å². The van der Waals surface area contributed by atoms with Crippen molar-refractivity contribution in [2.75, 3.05) is 6.54 Å². The third-order valence-electron chi connectivity index (χ3n) is 3.28. The fraction of sp³-hybridized carbons (Fsp3) is 0.467. The predicted molar refractivity (Wildman–Crippen MR) is 81.7 cm³/mol. The number of rotatable bonds is 7. The third kappa shape index (κ3) is 6.25. The largest absolute Gasteiger partial charge is 0.481 e. The Hall–Kier alpha value is -1.43. The van der Waals surface area contributed by atoms with E-state index in [4.69, 9.17) is 5.11 Å². The number of nitrogens with one attached hydrogen (secondary N) is 1. The molecule has 2 N–H and O–H groups in total. The molecule has 0 radical (unpaired) electrons. The monoisotopic (exact) mass is 359 g/mol. The first-order valence-corrected chi connectivity index (χ1v) is 7.46. The third-order valence-corrected chi connectivity index (χ3v) is 3.97. The van der Waals surface area contributed by atoms with Crippen LogP contribution in [-0.4, -0.2) is 23.5 Å². The lowest BCUT2D eigenvalue weighted by atomic mass is 9.84. The number of carboxylic acids is 1. The molecule has 0 aliphatic rings. The zero-order valence-corrected chi connectivity index (χ0v) is 13.7. The van der Waals surface area contributed by atoms with Crippen LogP contribution in [0.1, 0.15) is 43.5 Å². The van der Waals surface area contributed by atoms with Gasteiger partial charge in [-0.25, -0.2) is 4.39 Å². The Bertz CT molecular complexity index is 532. The number of benzene rings is 1. The molecule has 0 aromatic heterocycles. The first-order valence-electron chi connectivity index (χ1n) is 6.66. The minimum Gasteiger partial charge on any atom is -0.481 e. The van der Waals surface area contributed by atoms with Gasteiger partial charge in [0.05, 0.1) is 5.56 Å². The molecule has 0 saturated heterocycles. The van der Waals surface area contributed by atoms with Crippen LogP contribution in [0.4, 0.5) is 4.39 Å². The van der Waals surface area contributed by atoms with Gasteiger partial charge in [-0.2, -0.15) is 0 Å². The first kappa shape index (κ1) is 17.6. The molecule has 0 bridgehead atoms. The second kappa shape index (κ2) is 7.54. The van der Waals surface area contributed by atoms with Gasteiger partial charge in [-0.3, -0.25) is 9.59 Å². The molecule has 0 unspecified atom stereocenters. The Labute approximate surface area is 131 Å². The van der Waals surface area contributed by atoms with Gasteiger partial charge in [0.15, 0.2) is 0 Å². The minimum atomic E-state index is -0.823. The maximum absolute atomic E-state index is 13.1. The summed E-state index contributed by atoms with van der Waals surface area (Å²) < 4.78 is 13.7. The second-order valence-corrected chi connectivity index (χ2v) is 6.54. The number of carbonyl (C=O) groups is 2. The molecule has 1 aromatic carbocycles. The Kier molecular flexibility index (Phi) is 6.33. The van der Waals surface area contributed by atoms with E-state index < -0.39 is 11.8 Å². The Morgan fingerprint density at radius 3 is 2.62 bits per heavy atom. The summed E-state index contributed by atoms with van der Waals surface area (Å²) >= 11 is 3.21. The topological polar surface area (TPSA) is 66.4 Å². The lowest BCUT2D eigenvalue weighted by molar-refractivity contribution is -0.137. The van der Waals surface area contributed by atoms with Crippen LogP contribution in [0, 0.1) is 11.2 Å². The highest BCUT2D eigenvalue weighted by Gasteiger charge is 2.19. The first-order chi connectivity index (χ1) is 9.71. The van der Waals surface area contributed by atoms with Crippen LogP contribution in [0.25, 0.3) is 0 Å². The van der Waals surface area contributed by atoms with Crippen LogP contribution in [0.3, 0.4) is 0 Å². The van der Waals surface area contributed by atoms with Gasteiger partial charge in [-0.05, 0) is 52.4 Å². The van der Waals surface area contributed by atoms with Gasteiger partial charge < -0.3 is 10.4 Å². The van der Waals surface area contributed by atoms with Crippen molar-refractivity contribution in [3.63, 3.8) is 0 Å². The number of hydrogen-bond acceptors (Lipinski definition) is 2. The highest BCUT2D eigenvalue weighted by Crippen LogP contribution is 2.26. The number of aliphatic carboxylic acids is 1. The Balaban J connectivity index is 2.50. The van der Waals surface area contributed by atoms with E-state index >= 15 is 0 Å². The molecule has 4 nitrogen and oxygen atoms in total. The maximum Gasteiger partial charge on any atom is 0.303 e. The van der Waals surface area contributed by atoms with Gasteiger partial charge >= 0.3 is 5.97 Å². The molecular weight excluding hydrogens is 341 g/mol. The molecule has 0 saturated carbocycles. The van der Waals surface area contributed by atoms with Crippen molar-refractivity contribution < 1.29 is 19.1 Å². The van der Waals surface area contributed by atoms with Crippen molar-refractivity contribution in [3.05, 3.63) is 34.1 Å². The highest BCUT2D eigenvalue weighted by molar-refractivity contribution is 9.10. The molecule has 0 atom stereocenters. The van der Waals surface area contributed by atoms with E-state index in [1.807, 2.05) is 13.8 Å². The average Bonchev–Trinajstić information content (AvgIpc) is 2.39. The van der Waals surface area contributed by atoms with Crippen molar-refractivity contribution in [1.82, 2.24) is 5.32 Å². The summed E-state index contributed by atoms with van der Waals surface area (Å²) in [5, 5.41) is 11.4. The molecule has 1 aromatic rings. The number of hydrogen-bond donors (Lipinski definition) is 2. The average molecular weight is 360 g/mol. The summed E-state index contributed by atoms with van der Waals surface area (Å²) in [5.74, 6) is -1.64. The molecule has 21 heavy (non-hydrogen) atoms. The molecule has 0 aliphatic carbocycles. The number of amides is 1. The van der Waals surface area contributed by atoms with Gasteiger partial charge in [0.1, 0.15) is 5.82 Å². The summed E-state index contributed by atoms with van der Waals surface area (Å²) in [4.78, 5) is 22.5. The number of carboxylic acid groups (broad SMARTS) is 1. The highest BCUT2D eigenvalue weighted by atomic mass is 79.9. The fourth-order valence-corrected chi connectivity index (χ4v) is 2.28. The van der Waals surface area contributed by atoms with Crippen molar-refractivity contribution >= 4 is 27.8 Å². The second-order valence-electron chi connectivity index (χ2n) is 5.69. The quantitative estimate of drug-likeness (QED) is 0.781. The summed E-state index contributed by atoms with van der Waals surface area (Å²) in [6.45, 7) is 4.33. The Morgan fingerprint density at radius 2 is 2.00 bits per heavy atom. The fourth-order valence-electron chi connectivity index (χ4n) is 1.85. The van der Waals surface area contributed by atoms with E-state index in [2.05, 4.69) is 21.2 Å². The van der Waals surface area contributed by atoms with Gasteiger partial charge in [0.25, 0.3) is 5.91 Å². The van der Waals surface area contributed by atoms with Crippen molar-refractivity contribution in [3.8, 4) is 0 Å². The van der Waals surface area contributed by atoms with Gasteiger partial charge in [-0.15, -0.1) is 0 Å². The van der Waals surface area contributed by atoms with Crippen LogP contribution >= 0.6 is 15.9 Å². The van der Waals surface area contributed by atoms with Crippen LogP contribution in [0.2, 0.25) is 0 Å². The van der Waals surface area contributed by atoms with E-state index in [-0.39, 0.29) is 23.3 Å². The maximum atomic E-state index is 13.1. The number of halogens is 2. The van der Waals surface area contributed by atoms with Crippen LogP contribution in [0.15, 0.2) is 22.7 Å². The Morgan fingerprint density at radius 1 is 1.33 bits per heavy atom.